The minimum atomic E-state index is -0.905. The van der Waals surface area contributed by atoms with Crippen LogP contribution < -0.4 is 5.32 Å². The van der Waals surface area contributed by atoms with Crippen LogP contribution in [0.5, 0.6) is 0 Å². The van der Waals surface area contributed by atoms with E-state index in [0.717, 1.165) is 12.8 Å². The summed E-state index contributed by atoms with van der Waals surface area (Å²) < 4.78 is 5.26. The van der Waals surface area contributed by atoms with Crippen LogP contribution >= 0.6 is 0 Å². The highest BCUT2D eigenvalue weighted by molar-refractivity contribution is 5.81. The molecule has 1 saturated heterocycles. The van der Waals surface area contributed by atoms with E-state index in [1.807, 2.05) is 19.0 Å². The molecule has 16 heavy (non-hydrogen) atoms. The van der Waals surface area contributed by atoms with E-state index in [2.05, 4.69) is 5.32 Å². The summed E-state index contributed by atoms with van der Waals surface area (Å²) in [5.41, 5.74) is -0.905. The molecule has 0 aromatic carbocycles. The second kappa shape index (κ2) is 5.61. The van der Waals surface area contributed by atoms with Crippen LogP contribution in [0.1, 0.15) is 19.8 Å². The standard InChI is InChI=1S/C11H22N2O3/c1-11(15,8-13(2)3)7-12-10(14)9-5-4-6-16-9/h9,15H,4-8H2,1-3H3,(H,12,14)/t9-,11?/m0/s1. The lowest BCUT2D eigenvalue weighted by atomic mass is 10.1. The van der Waals surface area contributed by atoms with Gasteiger partial charge in [-0.05, 0) is 33.9 Å². The number of rotatable bonds is 5. The fourth-order valence-corrected chi connectivity index (χ4v) is 1.91. The minimum Gasteiger partial charge on any atom is -0.387 e. The third-order valence-corrected chi connectivity index (χ3v) is 2.52. The molecule has 1 rings (SSSR count). The first-order valence-electron chi connectivity index (χ1n) is 5.67. The van der Waals surface area contributed by atoms with Gasteiger partial charge >= 0.3 is 0 Å². The first-order chi connectivity index (χ1) is 7.41. The molecule has 1 fully saturated rings. The maximum atomic E-state index is 11.6. The molecule has 0 saturated carbocycles. The lowest BCUT2D eigenvalue weighted by Crippen LogP contribution is -2.49. The van der Waals surface area contributed by atoms with Crippen LogP contribution in [-0.4, -0.2) is 61.4 Å². The summed E-state index contributed by atoms with van der Waals surface area (Å²) >= 11 is 0. The Kier molecular flexibility index (Phi) is 4.70. The van der Waals surface area contributed by atoms with Crippen LogP contribution in [0.25, 0.3) is 0 Å². The highest BCUT2D eigenvalue weighted by Crippen LogP contribution is 2.12. The summed E-state index contributed by atoms with van der Waals surface area (Å²) in [5, 5.41) is 12.7. The Hall–Kier alpha value is -0.650. The van der Waals surface area contributed by atoms with Crippen molar-refractivity contribution in [3.63, 3.8) is 0 Å². The molecule has 1 aliphatic rings. The number of amides is 1. The molecular formula is C11H22N2O3. The molecule has 1 heterocycles. The second-order valence-corrected chi connectivity index (χ2v) is 4.95. The Morgan fingerprint density at radius 1 is 1.62 bits per heavy atom. The van der Waals surface area contributed by atoms with Crippen LogP contribution in [0, 0.1) is 0 Å². The van der Waals surface area contributed by atoms with E-state index < -0.39 is 5.60 Å². The molecule has 2 N–H and O–H groups in total. The maximum absolute atomic E-state index is 11.6. The molecule has 1 amide bonds. The number of nitrogens with zero attached hydrogens (tertiary/aromatic N) is 1. The third kappa shape index (κ3) is 4.47. The first kappa shape index (κ1) is 13.4. The van der Waals surface area contributed by atoms with Gasteiger partial charge in [-0.1, -0.05) is 0 Å². The van der Waals surface area contributed by atoms with Crippen molar-refractivity contribution in [3.8, 4) is 0 Å². The molecule has 2 atom stereocenters. The van der Waals surface area contributed by atoms with Gasteiger partial charge in [0.2, 0.25) is 5.91 Å². The number of carbonyl (C=O) groups excluding carboxylic acids is 1. The number of aliphatic hydroxyl groups is 1. The Bertz CT molecular complexity index is 235. The molecule has 0 aromatic rings. The highest BCUT2D eigenvalue weighted by Gasteiger charge is 2.27. The number of ether oxygens (including phenoxy) is 1. The van der Waals surface area contributed by atoms with Gasteiger partial charge in [-0.2, -0.15) is 0 Å². The Morgan fingerprint density at radius 2 is 2.31 bits per heavy atom. The summed E-state index contributed by atoms with van der Waals surface area (Å²) in [6.45, 7) is 3.14. The SMILES string of the molecule is CN(C)CC(C)(O)CNC(=O)[C@@H]1CCCO1. The van der Waals surface area contributed by atoms with Crippen molar-refractivity contribution in [2.45, 2.75) is 31.5 Å². The van der Waals surface area contributed by atoms with Gasteiger partial charge < -0.3 is 20.1 Å². The third-order valence-electron chi connectivity index (χ3n) is 2.52. The van der Waals surface area contributed by atoms with Crippen molar-refractivity contribution >= 4 is 5.91 Å². The Morgan fingerprint density at radius 3 is 2.81 bits per heavy atom. The van der Waals surface area contributed by atoms with Crippen LogP contribution in [0.4, 0.5) is 0 Å². The van der Waals surface area contributed by atoms with Crippen LogP contribution in [-0.2, 0) is 9.53 Å². The lowest BCUT2D eigenvalue weighted by Gasteiger charge is -2.27. The molecule has 0 radical (unpaired) electrons. The van der Waals surface area contributed by atoms with Crippen molar-refractivity contribution in [3.05, 3.63) is 0 Å². The normalized spacial score (nSPS) is 24.4. The van der Waals surface area contributed by atoms with Gasteiger partial charge in [-0.15, -0.1) is 0 Å². The van der Waals surface area contributed by atoms with Crippen molar-refractivity contribution in [2.24, 2.45) is 0 Å². The number of hydrogen-bond acceptors (Lipinski definition) is 4. The van der Waals surface area contributed by atoms with Gasteiger partial charge in [0, 0.05) is 19.7 Å². The molecular weight excluding hydrogens is 208 g/mol. The topological polar surface area (TPSA) is 61.8 Å². The first-order valence-corrected chi connectivity index (χ1v) is 5.67. The van der Waals surface area contributed by atoms with Crippen molar-refractivity contribution < 1.29 is 14.6 Å². The van der Waals surface area contributed by atoms with Gasteiger partial charge in [0.1, 0.15) is 6.10 Å². The molecule has 0 bridgehead atoms. The van der Waals surface area contributed by atoms with E-state index in [0.29, 0.717) is 13.2 Å². The predicted molar refractivity (Wildman–Crippen MR) is 61.2 cm³/mol. The summed E-state index contributed by atoms with van der Waals surface area (Å²) in [5.74, 6) is -0.114. The van der Waals surface area contributed by atoms with E-state index in [9.17, 15) is 9.90 Å². The molecule has 5 heteroatoms. The lowest BCUT2D eigenvalue weighted by molar-refractivity contribution is -0.131. The average Bonchev–Trinajstić information content (AvgIpc) is 2.64. The molecule has 0 aliphatic carbocycles. The van der Waals surface area contributed by atoms with E-state index in [4.69, 9.17) is 4.74 Å². The monoisotopic (exact) mass is 230 g/mol. The number of nitrogens with one attached hydrogen (secondary N) is 1. The zero-order valence-electron chi connectivity index (χ0n) is 10.3. The molecule has 0 spiro atoms. The summed E-state index contributed by atoms with van der Waals surface area (Å²) in [4.78, 5) is 13.5. The summed E-state index contributed by atoms with van der Waals surface area (Å²) in [6.07, 6.45) is 1.39. The van der Waals surface area contributed by atoms with Crippen molar-refractivity contribution in [2.75, 3.05) is 33.8 Å². The number of carbonyl (C=O) groups is 1. The zero-order chi connectivity index (χ0) is 12.2. The Balaban J connectivity index is 2.29. The van der Waals surface area contributed by atoms with E-state index in [1.165, 1.54) is 0 Å². The quantitative estimate of drug-likeness (QED) is 0.674. The van der Waals surface area contributed by atoms with Gasteiger partial charge in [0.15, 0.2) is 0 Å². The van der Waals surface area contributed by atoms with Gasteiger partial charge in [-0.3, -0.25) is 4.79 Å². The van der Waals surface area contributed by atoms with E-state index in [-0.39, 0.29) is 18.6 Å². The maximum Gasteiger partial charge on any atom is 0.249 e. The van der Waals surface area contributed by atoms with Crippen LogP contribution in [0.15, 0.2) is 0 Å². The van der Waals surface area contributed by atoms with Crippen LogP contribution in [0.3, 0.4) is 0 Å². The molecule has 5 nitrogen and oxygen atoms in total. The Labute approximate surface area is 96.8 Å². The zero-order valence-corrected chi connectivity index (χ0v) is 10.3. The van der Waals surface area contributed by atoms with E-state index in [1.54, 1.807) is 6.92 Å². The smallest absolute Gasteiger partial charge is 0.249 e. The van der Waals surface area contributed by atoms with Crippen molar-refractivity contribution in [1.29, 1.82) is 0 Å². The molecule has 1 aliphatic heterocycles. The summed E-state index contributed by atoms with van der Waals surface area (Å²) in [6, 6.07) is 0. The van der Waals surface area contributed by atoms with Gasteiger partial charge in [-0.25, -0.2) is 0 Å². The highest BCUT2D eigenvalue weighted by atomic mass is 16.5. The summed E-state index contributed by atoms with van der Waals surface area (Å²) in [7, 11) is 3.77. The van der Waals surface area contributed by atoms with Gasteiger partial charge in [0.05, 0.1) is 5.60 Å². The number of hydrogen-bond donors (Lipinski definition) is 2. The largest absolute Gasteiger partial charge is 0.387 e. The van der Waals surface area contributed by atoms with Gasteiger partial charge in [0.25, 0.3) is 0 Å². The van der Waals surface area contributed by atoms with E-state index >= 15 is 0 Å². The fourth-order valence-electron chi connectivity index (χ4n) is 1.91. The van der Waals surface area contributed by atoms with Crippen LogP contribution in [0.2, 0.25) is 0 Å². The minimum absolute atomic E-state index is 0.114. The second-order valence-electron chi connectivity index (χ2n) is 4.95. The average molecular weight is 230 g/mol. The molecule has 94 valence electrons. The number of likely N-dealkylation sites (N-methyl/N-ethyl adjacent to an activating group) is 1. The molecule has 0 aromatic heterocycles. The van der Waals surface area contributed by atoms with Crippen molar-refractivity contribution in [1.82, 2.24) is 10.2 Å². The molecule has 1 unspecified atom stereocenters. The fraction of sp³-hybridized carbons (Fsp3) is 0.909. The predicted octanol–water partition coefficient (Wildman–Crippen LogP) is -0.406.